The summed E-state index contributed by atoms with van der Waals surface area (Å²) >= 11 is 0. The van der Waals surface area contributed by atoms with Crippen LogP contribution in [-0.4, -0.2) is 22.6 Å². The van der Waals surface area contributed by atoms with Gasteiger partial charge in [0.1, 0.15) is 12.0 Å². The SMILES string of the molecule is O=C(O)c1occ2c1NC(c1cccnc1)CN2. The summed E-state index contributed by atoms with van der Waals surface area (Å²) in [5.74, 6) is -1.16. The molecule has 3 N–H and O–H groups in total. The Labute approximate surface area is 103 Å². The molecule has 1 unspecified atom stereocenters. The van der Waals surface area contributed by atoms with Crippen molar-refractivity contribution in [1.29, 1.82) is 0 Å². The van der Waals surface area contributed by atoms with E-state index in [9.17, 15) is 4.79 Å². The van der Waals surface area contributed by atoms with Gasteiger partial charge in [0.15, 0.2) is 0 Å². The number of anilines is 2. The van der Waals surface area contributed by atoms with Crippen molar-refractivity contribution in [2.45, 2.75) is 6.04 Å². The Hall–Kier alpha value is -2.50. The van der Waals surface area contributed by atoms with Crippen molar-refractivity contribution in [3.8, 4) is 0 Å². The summed E-state index contributed by atoms with van der Waals surface area (Å²) in [4.78, 5) is 15.1. The highest BCUT2D eigenvalue weighted by atomic mass is 16.4. The maximum atomic E-state index is 11.0. The third kappa shape index (κ3) is 1.67. The summed E-state index contributed by atoms with van der Waals surface area (Å²) in [7, 11) is 0. The van der Waals surface area contributed by atoms with Crippen LogP contribution in [0.5, 0.6) is 0 Å². The highest BCUT2D eigenvalue weighted by Gasteiger charge is 2.26. The van der Waals surface area contributed by atoms with Crippen LogP contribution in [0.2, 0.25) is 0 Å². The maximum Gasteiger partial charge on any atom is 0.374 e. The molecule has 0 amide bonds. The maximum absolute atomic E-state index is 11.0. The van der Waals surface area contributed by atoms with E-state index in [4.69, 9.17) is 9.52 Å². The Morgan fingerprint density at radius 3 is 3.17 bits per heavy atom. The van der Waals surface area contributed by atoms with E-state index < -0.39 is 5.97 Å². The highest BCUT2D eigenvalue weighted by molar-refractivity contribution is 5.95. The van der Waals surface area contributed by atoms with Gasteiger partial charge in [-0.05, 0) is 11.6 Å². The van der Waals surface area contributed by atoms with Gasteiger partial charge in [-0.1, -0.05) is 6.07 Å². The normalized spacial score (nSPS) is 17.4. The van der Waals surface area contributed by atoms with Crippen molar-refractivity contribution in [3.05, 3.63) is 42.1 Å². The largest absolute Gasteiger partial charge is 0.475 e. The molecule has 0 saturated heterocycles. The van der Waals surface area contributed by atoms with Gasteiger partial charge >= 0.3 is 5.97 Å². The predicted molar refractivity (Wildman–Crippen MR) is 64.8 cm³/mol. The molecular weight excluding hydrogens is 234 g/mol. The van der Waals surface area contributed by atoms with Crippen molar-refractivity contribution in [3.63, 3.8) is 0 Å². The second-order valence-corrected chi connectivity index (χ2v) is 4.02. The molecule has 3 rings (SSSR count). The molecule has 0 radical (unpaired) electrons. The quantitative estimate of drug-likeness (QED) is 0.749. The minimum Gasteiger partial charge on any atom is -0.475 e. The van der Waals surface area contributed by atoms with Crippen LogP contribution in [0.1, 0.15) is 22.2 Å². The van der Waals surface area contributed by atoms with Gasteiger partial charge in [0, 0.05) is 18.9 Å². The molecule has 0 aromatic carbocycles. The van der Waals surface area contributed by atoms with Crippen molar-refractivity contribution in [2.75, 3.05) is 17.2 Å². The summed E-state index contributed by atoms with van der Waals surface area (Å²) < 4.78 is 5.02. The van der Waals surface area contributed by atoms with E-state index in [1.807, 2.05) is 12.1 Å². The molecule has 0 aliphatic carbocycles. The summed E-state index contributed by atoms with van der Waals surface area (Å²) in [5, 5.41) is 15.3. The van der Waals surface area contributed by atoms with E-state index in [-0.39, 0.29) is 11.8 Å². The predicted octanol–water partition coefficient (Wildman–Crippen LogP) is 1.95. The lowest BCUT2D eigenvalue weighted by molar-refractivity contribution is 0.0664. The number of furan rings is 1. The first kappa shape index (κ1) is 10.6. The molecule has 6 nitrogen and oxygen atoms in total. The molecule has 92 valence electrons. The number of fused-ring (bicyclic) bond motifs is 1. The van der Waals surface area contributed by atoms with E-state index in [1.54, 1.807) is 12.4 Å². The molecule has 0 saturated carbocycles. The third-order valence-electron chi connectivity index (χ3n) is 2.89. The van der Waals surface area contributed by atoms with Crippen LogP contribution in [0.15, 0.2) is 35.2 Å². The summed E-state index contributed by atoms with van der Waals surface area (Å²) in [6.07, 6.45) is 4.86. The fraction of sp³-hybridized carbons (Fsp3) is 0.167. The fourth-order valence-corrected chi connectivity index (χ4v) is 2.01. The first-order valence-electron chi connectivity index (χ1n) is 5.51. The molecular formula is C12H11N3O3. The van der Waals surface area contributed by atoms with Crippen LogP contribution >= 0.6 is 0 Å². The molecule has 1 aliphatic heterocycles. The molecule has 2 aromatic rings. The zero-order valence-electron chi connectivity index (χ0n) is 9.38. The molecule has 6 heteroatoms. The molecule has 3 heterocycles. The number of rotatable bonds is 2. The van der Waals surface area contributed by atoms with Crippen LogP contribution in [0.4, 0.5) is 11.4 Å². The number of pyridine rings is 1. The molecule has 18 heavy (non-hydrogen) atoms. The van der Waals surface area contributed by atoms with Crippen molar-refractivity contribution in [2.24, 2.45) is 0 Å². The number of nitrogens with zero attached hydrogens (tertiary/aromatic N) is 1. The van der Waals surface area contributed by atoms with Crippen LogP contribution in [0, 0.1) is 0 Å². The van der Waals surface area contributed by atoms with Crippen molar-refractivity contribution < 1.29 is 14.3 Å². The number of aromatic nitrogens is 1. The van der Waals surface area contributed by atoms with Crippen molar-refractivity contribution in [1.82, 2.24) is 4.98 Å². The first-order chi connectivity index (χ1) is 8.75. The fourth-order valence-electron chi connectivity index (χ4n) is 2.01. The number of aromatic carboxylic acids is 1. The Bertz CT molecular complexity index is 580. The number of carboxylic acids is 1. The zero-order chi connectivity index (χ0) is 12.5. The minimum atomic E-state index is -1.09. The summed E-state index contributed by atoms with van der Waals surface area (Å²) in [6, 6.07) is 3.76. The molecule has 0 fully saturated rings. The minimum absolute atomic E-state index is 0.0260. The molecule has 0 bridgehead atoms. The zero-order valence-corrected chi connectivity index (χ0v) is 9.38. The number of hydrogen-bond acceptors (Lipinski definition) is 5. The van der Waals surface area contributed by atoms with Crippen LogP contribution in [0.3, 0.4) is 0 Å². The molecule has 1 aliphatic rings. The summed E-state index contributed by atoms with van der Waals surface area (Å²) in [6.45, 7) is 0.650. The van der Waals surface area contributed by atoms with Gasteiger partial charge in [0.25, 0.3) is 0 Å². The summed E-state index contributed by atoms with van der Waals surface area (Å²) in [5.41, 5.74) is 2.16. The lowest BCUT2D eigenvalue weighted by Gasteiger charge is -2.25. The van der Waals surface area contributed by atoms with Crippen molar-refractivity contribution >= 4 is 17.3 Å². The van der Waals surface area contributed by atoms with Crippen LogP contribution in [0.25, 0.3) is 0 Å². The Morgan fingerprint density at radius 2 is 2.44 bits per heavy atom. The Kier molecular flexibility index (Phi) is 2.40. The molecule has 2 aromatic heterocycles. The van der Waals surface area contributed by atoms with E-state index in [0.29, 0.717) is 17.9 Å². The highest BCUT2D eigenvalue weighted by Crippen LogP contribution is 2.35. The lowest BCUT2D eigenvalue weighted by Crippen LogP contribution is -2.26. The number of nitrogens with one attached hydrogen (secondary N) is 2. The number of carbonyl (C=O) groups is 1. The van der Waals surface area contributed by atoms with E-state index in [2.05, 4.69) is 15.6 Å². The van der Waals surface area contributed by atoms with Crippen LogP contribution in [-0.2, 0) is 0 Å². The Morgan fingerprint density at radius 1 is 1.56 bits per heavy atom. The standard InChI is InChI=1S/C12H11N3O3/c16-12(17)11-10-9(6-18-11)14-5-8(15-10)7-2-1-3-13-4-7/h1-4,6,8,14-15H,5H2,(H,16,17). The lowest BCUT2D eigenvalue weighted by atomic mass is 10.1. The molecule has 1 atom stereocenters. The van der Waals surface area contributed by atoms with E-state index in [0.717, 1.165) is 5.56 Å². The molecule has 0 spiro atoms. The third-order valence-corrected chi connectivity index (χ3v) is 2.89. The van der Waals surface area contributed by atoms with Gasteiger partial charge in [-0.25, -0.2) is 4.79 Å². The van der Waals surface area contributed by atoms with Gasteiger partial charge in [0.2, 0.25) is 5.76 Å². The average molecular weight is 245 g/mol. The smallest absolute Gasteiger partial charge is 0.374 e. The number of hydrogen-bond donors (Lipinski definition) is 3. The second kappa shape index (κ2) is 4.06. The van der Waals surface area contributed by atoms with E-state index >= 15 is 0 Å². The Balaban J connectivity index is 1.93. The van der Waals surface area contributed by atoms with Crippen LogP contribution < -0.4 is 10.6 Å². The van der Waals surface area contributed by atoms with Gasteiger partial charge in [-0.15, -0.1) is 0 Å². The van der Waals surface area contributed by atoms with E-state index in [1.165, 1.54) is 6.26 Å². The van der Waals surface area contributed by atoms with Gasteiger partial charge in [-0.2, -0.15) is 0 Å². The van der Waals surface area contributed by atoms with Gasteiger partial charge in [0.05, 0.1) is 11.7 Å². The number of carboxylic acid groups (broad SMARTS) is 1. The average Bonchev–Trinajstić information content (AvgIpc) is 2.82. The van der Waals surface area contributed by atoms with Gasteiger partial charge in [-0.3, -0.25) is 4.98 Å². The monoisotopic (exact) mass is 245 g/mol. The van der Waals surface area contributed by atoms with Gasteiger partial charge < -0.3 is 20.2 Å². The first-order valence-corrected chi connectivity index (χ1v) is 5.51. The topological polar surface area (TPSA) is 87.4 Å². The second-order valence-electron chi connectivity index (χ2n) is 4.02.